The molecule has 1 aliphatic carbocycles. The molecule has 0 bridgehead atoms. The van der Waals surface area contributed by atoms with Gasteiger partial charge in [0, 0.05) is 23.8 Å². The molecule has 4 nitrogen and oxygen atoms in total. The maximum atomic E-state index is 11.4. The first kappa shape index (κ1) is 14.9. The van der Waals surface area contributed by atoms with Gasteiger partial charge in [0.15, 0.2) is 0 Å². The zero-order valence-electron chi connectivity index (χ0n) is 12.2. The van der Waals surface area contributed by atoms with Gasteiger partial charge in [-0.3, -0.25) is 4.79 Å². The van der Waals surface area contributed by atoms with Gasteiger partial charge in [-0.25, -0.2) is 0 Å². The largest absolute Gasteiger partial charge is 0.382 e. The van der Waals surface area contributed by atoms with Gasteiger partial charge in [0.2, 0.25) is 5.91 Å². The van der Waals surface area contributed by atoms with Crippen LogP contribution >= 0.6 is 0 Å². The van der Waals surface area contributed by atoms with E-state index in [-0.39, 0.29) is 5.91 Å². The molecule has 0 aliphatic heterocycles. The minimum atomic E-state index is 0.0413. The van der Waals surface area contributed by atoms with Crippen LogP contribution in [0.25, 0.3) is 0 Å². The van der Waals surface area contributed by atoms with Crippen LogP contribution < -0.4 is 16.4 Å². The molecule has 1 aliphatic rings. The summed E-state index contributed by atoms with van der Waals surface area (Å²) in [5, 5.41) is 6.47. The molecule has 0 spiro atoms. The maximum Gasteiger partial charge on any atom is 0.224 e. The lowest BCUT2D eigenvalue weighted by Gasteiger charge is -2.32. The normalized spacial score (nSPS) is 22.3. The quantitative estimate of drug-likeness (QED) is 0.774. The molecule has 1 fully saturated rings. The summed E-state index contributed by atoms with van der Waals surface area (Å²) in [6.45, 7) is 2.59. The standard InChI is InChI=1S/C16H25N3O/c1-2-16(20)19-14-8-5-7-13(10-14)18-15-9-4-3-6-12(15)11-17/h5,7-8,10,12,15,18H,2-4,6,9,11,17H2,1H3,(H,19,20). The van der Waals surface area contributed by atoms with Crippen molar-refractivity contribution in [2.45, 2.75) is 45.1 Å². The number of nitrogens with two attached hydrogens (primary N) is 1. The maximum absolute atomic E-state index is 11.4. The number of amides is 1. The predicted molar refractivity (Wildman–Crippen MR) is 83.8 cm³/mol. The van der Waals surface area contributed by atoms with Crippen molar-refractivity contribution in [2.24, 2.45) is 11.7 Å². The van der Waals surface area contributed by atoms with E-state index in [0.717, 1.165) is 17.9 Å². The van der Waals surface area contributed by atoms with Gasteiger partial charge in [-0.15, -0.1) is 0 Å². The van der Waals surface area contributed by atoms with Crippen LogP contribution in [0.2, 0.25) is 0 Å². The highest BCUT2D eigenvalue weighted by molar-refractivity contribution is 5.90. The van der Waals surface area contributed by atoms with E-state index in [1.807, 2.05) is 31.2 Å². The van der Waals surface area contributed by atoms with Crippen LogP contribution in [0.5, 0.6) is 0 Å². The van der Waals surface area contributed by atoms with Gasteiger partial charge < -0.3 is 16.4 Å². The number of rotatable bonds is 5. The fourth-order valence-corrected chi connectivity index (χ4v) is 2.83. The molecule has 0 heterocycles. The average Bonchev–Trinajstić information content (AvgIpc) is 2.48. The van der Waals surface area contributed by atoms with Crippen molar-refractivity contribution in [3.8, 4) is 0 Å². The fraction of sp³-hybridized carbons (Fsp3) is 0.562. The van der Waals surface area contributed by atoms with Crippen molar-refractivity contribution >= 4 is 17.3 Å². The Kier molecular flexibility index (Phi) is 5.41. The number of carbonyl (C=O) groups is 1. The Balaban J connectivity index is 2.01. The van der Waals surface area contributed by atoms with Crippen molar-refractivity contribution in [1.82, 2.24) is 0 Å². The second kappa shape index (κ2) is 7.29. The number of nitrogens with one attached hydrogen (secondary N) is 2. The minimum absolute atomic E-state index is 0.0413. The summed E-state index contributed by atoms with van der Waals surface area (Å²) in [6.07, 6.45) is 5.43. The van der Waals surface area contributed by atoms with E-state index < -0.39 is 0 Å². The first-order valence-electron chi connectivity index (χ1n) is 7.59. The molecule has 0 radical (unpaired) electrons. The lowest BCUT2D eigenvalue weighted by Crippen LogP contribution is -2.36. The van der Waals surface area contributed by atoms with E-state index in [4.69, 9.17) is 5.73 Å². The second-order valence-corrected chi connectivity index (χ2v) is 5.51. The summed E-state index contributed by atoms with van der Waals surface area (Å²) < 4.78 is 0. The molecule has 0 saturated heterocycles. The Morgan fingerprint density at radius 2 is 2.05 bits per heavy atom. The molecule has 20 heavy (non-hydrogen) atoms. The zero-order chi connectivity index (χ0) is 14.4. The molecule has 2 atom stereocenters. The third kappa shape index (κ3) is 3.97. The predicted octanol–water partition coefficient (Wildman–Crippen LogP) is 2.96. The molecule has 110 valence electrons. The van der Waals surface area contributed by atoms with Gasteiger partial charge in [-0.05, 0) is 43.5 Å². The average molecular weight is 275 g/mol. The number of anilines is 2. The van der Waals surface area contributed by atoms with Crippen LogP contribution in [0, 0.1) is 5.92 Å². The van der Waals surface area contributed by atoms with Crippen LogP contribution in [0.4, 0.5) is 11.4 Å². The van der Waals surface area contributed by atoms with E-state index in [1.54, 1.807) is 0 Å². The van der Waals surface area contributed by atoms with Crippen molar-refractivity contribution in [3.05, 3.63) is 24.3 Å². The summed E-state index contributed by atoms with van der Waals surface area (Å²) in [5.41, 5.74) is 7.77. The summed E-state index contributed by atoms with van der Waals surface area (Å²) in [6, 6.07) is 8.37. The summed E-state index contributed by atoms with van der Waals surface area (Å²) in [5.74, 6) is 0.595. The second-order valence-electron chi connectivity index (χ2n) is 5.51. The monoisotopic (exact) mass is 275 g/mol. The van der Waals surface area contributed by atoms with Gasteiger partial charge in [-0.1, -0.05) is 25.8 Å². The highest BCUT2D eigenvalue weighted by Gasteiger charge is 2.23. The van der Waals surface area contributed by atoms with E-state index in [1.165, 1.54) is 25.7 Å². The Labute approximate surface area is 121 Å². The van der Waals surface area contributed by atoms with E-state index in [0.29, 0.717) is 18.4 Å². The number of hydrogen-bond donors (Lipinski definition) is 3. The van der Waals surface area contributed by atoms with Gasteiger partial charge in [0.05, 0.1) is 0 Å². The van der Waals surface area contributed by atoms with Crippen LogP contribution in [-0.4, -0.2) is 18.5 Å². The smallest absolute Gasteiger partial charge is 0.224 e. The first-order valence-corrected chi connectivity index (χ1v) is 7.59. The summed E-state index contributed by atoms with van der Waals surface area (Å²) >= 11 is 0. The van der Waals surface area contributed by atoms with Crippen molar-refractivity contribution in [2.75, 3.05) is 17.2 Å². The Morgan fingerprint density at radius 3 is 2.80 bits per heavy atom. The Bertz CT molecular complexity index is 447. The van der Waals surface area contributed by atoms with Crippen LogP contribution in [-0.2, 0) is 4.79 Å². The molecule has 1 aromatic carbocycles. The molecule has 1 amide bonds. The summed E-state index contributed by atoms with van der Waals surface area (Å²) in [4.78, 5) is 11.4. The minimum Gasteiger partial charge on any atom is -0.382 e. The SMILES string of the molecule is CCC(=O)Nc1cccc(NC2CCCCC2CN)c1. The van der Waals surface area contributed by atoms with Gasteiger partial charge in [0.1, 0.15) is 0 Å². The number of benzene rings is 1. The molecule has 2 rings (SSSR count). The van der Waals surface area contributed by atoms with E-state index >= 15 is 0 Å². The molecule has 4 N–H and O–H groups in total. The highest BCUT2D eigenvalue weighted by Crippen LogP contribution is 2.27. The van der Waals surface area contributed by atoms with Gasteiger partial charge in [0.25, 0.3) is 0 Å². The number of hydrogen-bond acceptors (Lipinski definition) is 3. The van der Waals surface area contributed by atoms with Crippen LogP contribution in [0.1, 0.15) is 39.0 Å². The fourth-order valence-electron chi connectivity index (χ4n) is 2.83. The molecule has 1 saturated carbocycles. The van der Waals surface area contributed by atoms with Gasteiger partial charge in [-0.2, -0.15) is 0 Å². The first-order chi connectivity index (χ1) is 9.72. The van der Waals surface area contributed by atoms with Crippen LogP contribution in [0.15, 0.2) is 24.3 Å². The van der Waals surface area contributed by atoms with E-state index in [9.17, 15) is 4.79 Å². The lowest BCUT2D eigenvalue weighted by atomic mass is 9.84. The lowest BCUT2D eigenvalue weighted by molar-refractivity contribution is -0.115. The third-order valence-corrected chi connectivity index (χ3v) is 4.03. The molecular formula is C16H25N3O. The Hall–Kier alpha value is -1.55. The van der Waals surface area contributed by atoms with Crippen molar-refractivity contribution < 1.29 is 4.79 Å². The highest BCUT2D eigenvalue weighted by atomic mass is 16.1. The molecule has 4 heteroatoms. The zero-order valence-corrected chi connectivity index (χ0v) is 12.2. The summed E-state index contributed by atoms with van der Waals surface area (Å²) in [7, 11) is 0. The number of carbonyl (C=O) groups excluding carboxylic acids is 1. The van der Waals surface area contributed by atoms with Gasteiger partial charge >= 0.3 is 0 Å². The molecule has 0 aromatic heterocycles. The van der Waals surface area contributed by atoms with Crippen LogP contribution in [0.3, 0.4) is 0 Å². The molecule has 1 aromatic rings. The Morgan fingerprint density at radius 1 is 1.30 bits per heavy atom. The molecular weight excluding hydrogens is 250 g/mol. The van der Waals surface area contributed by atoms with E-state index in [2.05, 4.69) is 10.6 Å². The third-order valence-electron chi connectivity index (χ3n) is 4.03. The topological polar surface area (TPSA) is 67.2 Å². The van der Waals surface area contributed by atoms with Crippen molar-refractivity contribution in [3.63, 3.8) is 0 Å². The molecule has 2 unspecified atom stereocenters. The van der Waals surface area contributed by atoms with Crippen molar-refractivity contribution in [1.29, 1.82) is 0 Å².